The Balaban J connectivity index is 1.63. The summed E-state index contributed by atoms with van der Waals surface area (Å²) in [6.45, 7) is 4.85. The SMILES string of the molecule is CCN1CCC[C@@H]1CNC(=O)C(=O)Nc1ccc(N2CCCCS2(=O)=O)c(OC)c1. The number of likely N-dealkylation sites (N-methyl/N-ethyl adjacent to an activating group) is 1. The average molecular weight is 439 g/mol. The number of sulfonamides is 1. The van der Waals surface area contributed by atoms with E-state index in [4.69, 9.17) is 4.74 Å². The third kappa shape index (κ3) is 5.04. The fourth-order valence-corrected chi connectivity index (χ4v) is 5.69. The lowest BCUT2D eigenvalue weighted by atomic mass is 10.2. The molecular weight excluding hydrogens is 408 g/mol. The fraction of sp³-hybridized carbons (Fsp3) is 0.600. The van der Waals surface area contributed by atoms with Crippen LogP contribution in [0.3, 0.4) is 0 Å². The largest absolute Gasteiger partial charge is 0.494 e. The van der Waals surface area contributed by atoms with E-state index in [0.717, 1.165) is 32.4 Å². The Morgan fingerprint density at radius 1 is 1.17 bits per heavy atom. The number of nitrogens with zero attached hydrogens (tertiary/aromatic N) is 2. The van der Waals surface area contributed by atoms with E-state index in [0.29, 0.717) is 36.6 Å². The van der Waals surface area contributed by atoms with E-state index in [9.17, 15) is 18.0 Å². The molecule has 1 atom stereocenters. The van der Waals surface area contributed by atoms with Crippen LogP contribution in [0.4, 0.5) is 11.4 Å². The number of nitrogens with one attached hydrogen (secondary N) is 2. The van der Waals surface area contributed by atoms with Crippen LogP contribution in [0.2, 0.25) is 0 Å². The second kappa shape index (κ2) is 9.65. The van der Waals surface area contributed by atoms with Crippen molar-refractivity contribution in [2.45, 2.75) is 38.6 Å². The molecule has 0 saturated carbocycles. The lowest BCUT2D eigenvalue weighted by Crippen LogP contribution is -2.43. The van der Waals surface area contributed by atoms with Gasteiger partial charge in [0.05, 0.1) is 18.6 Å². The molecule has 1 aromatic carbocycles. The highest BCUT2D eigenvalue weighted by molar-refractivity contribution is 7.92. The number of carbonyl (C=O) groups excluding carboxylic acids is 2. The molecule has 0 bridgehead atoms. The number of likely N-dealkylation sites (tertiary alicyclic amines) is 1. The van der Waals surface area contributed by atoms with Crippen LogP contribution >= 0.6 is 0 Å². The predicted octanol–water partition coefficient (Wildman–Crippen LogP) is 1.16. The van der Waals surface area contributed by atoms with Crippen LogP contribution < -0.4 is 19.7 Å². The van der Waals surface area contributed by atoms with Gasteiger partial charge in [-0.1, -0.05) is 6.92 Å². The van der Waals surface area contributed by atoms with Gasteiger partial charge in [0, 0.05) is 30.9 Å². The predicted molar refractivity (Wildman–Crippen MR) is 115 cm³/mol. The van der Waals surface area contributed by atoms with Gasteiger partial charge in [-0.15, -0.1) is 0 Å². The zero-order valence-corrected chi connectivity index (χ0v) is 18.3. The maximum Gasteiger partial charge on any atom is 0.313 e. The van der Waals surface area contributed by atoms with Crippen molar-refractivity contribution in [3.05, 3.63) is 18.2 Å². The van der Waals surface area contributed by atoms with Gasteiger partial charge in [0.2, 0.25) is 10.0 Å². The summed E-state index contributed by atoms with van der Waals surface area (Å²) in [7, 11) is -1.94. The number of carbonyl (C=O) groups is 2. The highest BCUT2D eigenvalue weighted by Gasteiger charge is 2.29. The molecule has 2 aliphatic heterocycles. The first-order valence-electron chi connectivity index (χ1n) is 10.4. The van der Waals surface area contributed by atoms with Gasteiger partial charge in [0.1, 0.15) is 5.75 Å². The standard InChI is InChI=1S/C20H30N4O5S/c1-3-23-10-6-7-16(23)14-21-19(25)20(26)22-15-8-9-17(18(13-15)29-2)24-11-4-5-12-30(24,27)28/h8-9,13,16H,3-7,10-12,14H2,1-2H3,(H,21,25)(H,22,26)/t16-/m1/s1. The van der Waals surface area contributed by atoms with Crippen LogP contribution in [0.1, 0.15) is 32.6 Å². The number of anilines is 2. The first-order chi connectivity index (χ1) is 14.4. The molecule has 10 heteroatoms. The smallest absolute Gasteiger partial charge is 0.313 e. The monoisotopic (exact) mass is 438 g/mol. The van der Waals surface area contributed by atoms with E-state index in [-0.39, 0.29) is 11.8 Å². The number of methoxy groups -OCH3 is 1. The molecule has 9 nitrogen and oxygen atoms in total. The molecule has 1 aromatic rings. The van der Waals surface area contributed by atoms with Crippen LogP contribution in [-0.4, -0.2) is 70.2 Å². The van der Waals surface area contributed by atoms with Crippen molar-refractivity contribution in [3.8, 4) is 5.75 Å². The lowest BCUT2D eigenvalue weighted by molar-refractivity contribution is -0.136. The molecule has 2 saturated heterocycles. The number of hydrogen-bond donors (Lipinski definition) is 2. The highest BCUT2D eigenvalue weighted by Crippen LogP contribution is 2.34. The maximum absolute atomic E-state index is 12.4. The Morgan fingerprint density at radius 2 is 1.97 bits per heavy atom. The molecule has 166 valence electrons. The van der Waals surface area contributed by atoms with Crippen LogP contribution in [0.25, 0.3) is 0 Å². The fourth-order valence-electron chi connectivity index (χ4n) is 4.04. The number of amides is 2. The van der Waals surface area contributed by atoms with Crippen molar-refractivity contribution in [2.75, 3.05) is 48.7 Å². The summed E-state index contributed by atoms with van der Waals surface area (Å²) in [6, 6.07) is 4.95. The molecule has 0 radical (unpaired) electrons. The van der Waals surface area contributed by atoms with Gasteiger partial charge < -0.3 is 15.4 Å². The van der Waals surface area contributed by atoms with Crippen LogP contribution in [0.15, 0.2) is 18.2 Å². The molecule has 0 aromatic heterocycles. The van der Waals surface area contributed by atoms with E-state index in [1.807, 2.05) is 0 Å². The minimum atomic E-state index is -3.38. The Morgan fingerprint density at radius 3 is 2.67 bits per heavy atom. The van der Waals surface area contributed by atoms with Gasteiger partial charge in [0.25, 0.3) is 0 Å². The van der Waals surface area contributed by atoms with Crippen LogP contribution in [0.5, 0.6) is 5.75 Å². The topological polar surface area (TPSA) is 108 Å². The summed E-state index contributed by atoms with van der Waals surface area (Å²) in [5.74, 6) is -1.04. The Bertz CT molecular complexity index is 889. The van der Waals surface area contributed by atoms with Crippen molar-refractivity contribution in [2.24, 2.45) is 0 Å². The normalized spacial score (nSPS) is 21.3. The van der Waals surface area contributed by atoms with Crippen molar-refractivity contribution in [1.29, 1.82) is 0 Å². The van der Waals surface area contributed by atoms with Gasteiger partial charge in [-0.25, -0.2) is 8.42 Å². The molecule has 2 heterocycles. The van der Waals surface area contributed by atoms with Crippen LogP contribution in [-0.2, 0) is 19.6 Å². The highest BCUT2D eigenvalue weighted by atomic mass is 32.2. The average Bonchev–Trinajstić information content (AvgIpc) is 3.19. The summed E-state index contributed by atoms with van der Waals surface area (Å²) < 4.78 is 31.4. The minimum Gasteiger partial charge on any atom is -0.494 e. The summed E-state index contributed by atoms with van der Waals surface area (Å²) in [5.41, 5.74) is 0.793. The number of hydrogen-bond acceptors (Lipinski definition) is 6. The van der Waals surface area contributed by atoms with Crippen molar-refractivity contribution in [1.82, 2.24) is 10.2 Å². The summed E-state index contributed by atoms with van der Waals surface area (Å²) in [6.07, 6.45) is 3.52. The number of benzene rings is 1. The van der Waals surface area contributed by atoms with Crippen molar-refractivity contribution < 1.29 is 22.7 Å². The molecule has 2 N–H and O–H groups in total. The Labute approximate surface area is 177 Å². The lowest BCUT2D eigenvalue weighted by Gasteiger charge is -2.29. The second-order valence-corrected chi connectivity index (χ2v) is 9.58. The van der Waals surface area contributed by atoms with E-state index in [1.54, 1.807) is 12.1 Å². The van der Waals surface area contributed by atoms with Crippen molar-refractivity contribution in [3.63, 3.8) is 0 Å². The molecule has 0 unspecified atom stereocenters. The van der Waals surface area contributed by atoms with Crippen LogP contribution in [0, 0.1) is 0 Å². The molecule has 3 rings (SSSR count). The van der Waals surface area contributed by atoms with Gasteiger partial charge in [-0.2, -0.15) is 0 Å². The molecule has 30 heavy (non-hydrogen) atoms. The second-order valence-electron chi connectivity index (χ2n) is 7.57. The van der Waals surface area contributed by atoms with E-state index in [2.05, 4.69) is 22.5 Å². The van der Waals surface area contributed by atoms with Gasteiger partial charge in [-0.3, -0.25) is 18.8 Å². The molecule has 2 amide bonds. The molecule has 0 spiro atoms. The molecule has 2 fully saturated rings. The quantitative estimate of drug-likeness (QED) is 0.646. The summed E-state index contributed by atoms with van der Waals surface area (Å²) in [4.78, 5) is 26.8. The first-order valence-corrected chi connectivity index (χ1v) is 12.0. The van der Waals surface area contributed by atoms with Crippen molar-refractivity contribution >= 4 is 33.2 Å². The maximum atomic E-state index is 12.4. The summed E-state index contributed by atoms with van der Waals surface area (Å²) >= 11 is 0. The molecule has 0 aliphatic carbocycles. The third-order valence-corrected chi connectivity index (χ3v) is 7.52. The Hall–Kier alpha value is -2.33. The number of ether oxygens (including phenoxy) is 1. The van der Waals surface area contributed by atoms with E-state index >= 15 is 0 Å². The van der Waals surface area contributed by atoms with Gasteiger partial charge in [-0.05, 0) is 50.9 Å². The van der Waals surface area contributed by atoms with E-state index in [1.165, 1.54) is 17.5 Å². The molecule has 2 aliphatic rings. The minimum absolute atomic E-state index is 0.102. The zero-order chi connectivity index (χ0) is 21.7. The van der Waals surface area contributed by atoms with Gasteiger partial charge >= 0.3 is 11.8 Å². The van der Waals surface area contributed by atoms with E-state index < -0.39 is 21.8 Å². The summed E-state index contributed by atoms with van der Waals surface area (Å²) in [5, 5.41) is 5.26. The van der Waals surface area contributed by atoms with Gasteiger partial charge in [0.15, 0.2) is 0 Å². The number of rotatable bonds is 6. The zero-order valence-electron chi connectivity index (χ0n) is 17.5. The molecular formula is C20H30N4O5S. The Kier molecular flexibility index (Phi) is 7.19. The third-order valence-electron chi connectivity index (χ3n) is 5.67. The first kappa shape index (κ1) is 22.4.